The van der Waals surface area contributed by atoms with Crippen molar-refractivity contribution in [3.05, 3.63) is 155 Å². The minimum absolute atomic E-state index is 0.0813. The summed E-state index contributed by atoms with van der Waals surface area (Å²) in [5.41, 5.74) is 0.164. The van der Waals surface area contributed by atoms with Gasteiger partial charge >= 0.3 is 12.4 Å². The van der Waals surface area contributed by atoms with Gasteiger partial charge in [0.2, 0.25) is 0 Å². The van der Waals surface area contributed by atoms with Crippen LogP contribution in [0.3, 0.4) is 0 Å². The van der Waals surface area contributed by atoms with Gasteiger partial charge in [0.1, 0.15) is 11.3 Å². The van der Waals surface area contributed by atoms with Gasteiger partial charge in [-0.3, -0.25) is 0 Å². The maximum atomic E-state index is 13.2. The summed E-state index contributed by atoms with van der Waals surface area (Å²) in [7, 11) is 0. The fourth-order valence-corrected chi connectivity index (χ4v) is 5.11. The average molecular weight is 581 g/mol. The second-order valence-corrected chi connectivity index (χ2v) is 9.77. The van der Waals surface area contributed by atoms with Crippen molar-refractivity contribution in [1.82, 2.24) is 9.55 Å². The van der Waals surface area contributed by atoms with E-state index in [4.69, 9.17) is 4.74 Å². The molecule has 0 fully saturated rings. The van der Waals surface area contributed by atoms with Crippen LogP contribution in [0.2, 0.25) is 0 Å². The molecule has 0 saturated carbocycles. The van der Waals surface area contributed by atoms with Crippen molar-refractivity contribution in [3.8, 4) is 5.75 Å². The maximum Gasteiger partial charge on any atom is 0.416 e. The van der Waals surface area contributed by atoms with Crippen LogP contribution in [0, 0.1) is 0 Å². The van der Waals surface area contributed by atoms with E-state index in [0.29, 0.717) is 30.7 Å². The highest BCUT2D eigenvalue weighted by molar-refractivity contribution is 5.50. The third kappa shape index (κ3) is 6.05. The maximum absolute atomic E-state index is 13.2. The van der Waals surface area contributed by atoms with E-state index in [0.717, 1.165) is 16.7 Å². The molecule has 0 radical (unpaired) electrons. The smallest absolute Gasteiger partial charge is 0.416 e. The van der Waals surface area contributed by atoms with Gasteiger partial charge in [0.05, 0.1) is 29.8 Å². The molecule has 1 heterocycles. The molecule has 1 aromatic heterocycles. The van der Waals surface area contributed by atoms with Crippen molar-refractivity contribution < 1.29 is 31.1 Å². The number of imidazole rings is 1. The van der Waals surface area contributed by atoms with Gasteiger partial charge in [-0.1, -0.05) is 91.0 Å². The van der Waals surface area contributed by atoms with E-state index in [2.05, 4.69) is 41.4 Å². The van der Waals surface area contributed by atoms with Crippen LogP contribution in [0.4, 0.5) is 26.3 Å². The molecular formula is C33H26F6N2O. The van der Waals surface area contributed by atoms with Crippen molar-refractivity contribution >= 4 is 0 Å². The first kappa shape index (κ1) is 29.0. The first-order chi connectivity index (χ1) is 20.1. The van der Waals surface area contributed by atoms with E-state index in [1.54, 1.807) is 6.33 Å². The molecule has 0 aliphatic carbocycles. The number of aromatic nitrogens is 2. The van der Waals surface area contributed by atoms with Gasteiger partial charge < -0.3 is 9.30 Å². The lowest BCUT2D eigenvalue weighted by Crippen LogP contribution is -2.36. The lowest BCUT2D eigenvalue weighted by molar-refractivity contribution is -0.143. The van der Waals surface area contributed by atoms with Gasteiger partial charge in [0.25, 0.3) is 0 Å². The summed E-state index contributed by atoms with van der Waals surface area (Å²) < 4.78 is 86.5. The number of ether oxygens (including phenoxy) is 1. The molecule has 0 atom stereocenters. The van der Waals surface area contributed by atoms with Gasteiger partial charge in [-0.15, -0.1) is 0 Å². The first-order valence-corrected chi connectivity index (χ1v) is 13.2. The highest BCUT2D eigenvalue weighted by Gasteiger charge is 2.39. The summed E-state index contributed by atoms with van der Waals surface area (Å²) in [4.78, 5) is 4.61. The van der Waals surface area contributed by atoms with Gasteiger partial charge in [-0.05, 0) is 47.7 Å². The Balaban J connectivity index is 1.41. The Kier molecular flexibility index (Phi) is 8.11. The number of rotatable bonds is 9. The standard InChI is InChI=1S/C33H26F6N2O/c34-32(35,36)27-19-28(33(37,38)39)21-30(20-27)42-18-10-17-29-22-41(23-40-29)31(24-11-4-1-5-12-24,25-13-6-2-7-14-25)26-15-8-3-9-16-26/h1-9,11-16,19-23H,10,17-18H2. The van der Waals surface area contributed by atoms with Crippen molar-refractivity contribution in [2.45, 2.75) is 30.7 Å². The molecule has 3 nitrogen and oxygen atoms in total. The minimum Gasteiger partial charge on any atom is -0.494 e. The normalized spacial score (nSPS) is 12.3. The van der Waals surface area contributed by atoms with Crippen molar-refractivity contribution in [2.24, 2.45) is 0 Å². The number of nitrogens with zero attached hydrogens (tertiary/aromatic N) is 2. The minimum atomic E-state index is -4.94. The summed E-state index contributed by atoms with van der Waals surface area (Å²) in [6, 6.07) is 31.3. The molecule has 0 amide bonds. The predicted molar refractivity (Wildman–Crippen MR) is 147 cm³/mol. The molecule has 0 aliphatic heterocycles. The van der Waals surface area contributed by atoms with Crippen LogP contribution in [0.25, 0.3) is 0 Å². The topological polar surface area (TPSA) is 27.1 Å². The molecule has 0 aliphatic rings. The van der Waals surface area contributed by atoms with Gasteiger partial charge in [-0.25, -0.2) is 4.98 Å². The van der Waals surface area contributed by atoms with Crippen LogP contribution in [0.5, 0.6) is 5.75 Å². The third-order valence-corrected chi connectivity index (χ3v) is 7.01. The van der Waals surface area contributed by atoms with E-state index >= 15 is 0 Å². The molecule has 0 N–H and O–H groups in total. The Morgan fingerprint density at radius 3 is 1.48 bits per heavy atom. The van der Waals surface area contributed by atoms with E-state index in [-0.39, 0.29) is 12.7 Å². The van der Waals surface area contributed by atoms with Crippen LogP contribution < -0.4 is 4.74 Å². The molecular weight excluding hydrogens is 554 g/mol. The number of hydrogen-bond acceptors (Lipinski definition) is 2. The third-order valence-electron chi connectivity index (χ3n) is 7.01. The summed E-state index contributed by atoms with van der Waals surface area (Å²) in [5.74, 6) is -0.487. The lowest BCUT2D eigenvalue weighted by atomic mass is 9.77. The molecule has 0 unspecified atom stereocenters. The Hall–Kier alpha value is -4.53. The van der Waals surface area contributed by atoms with Crippen LogP contribution in [0.1, 0.15) is 39.9 Å². The molecule has 4 aromatic carbocycles. The van der Waals surface area contributed by atoms with E-state index in [1.807, 2.05) is 65.4 Å². The van der Waals surface area contributed by atoms with E-state index < -0.39 is 34.8 Å². The van der Waals surface area contributed by atoms with E-state index in [9.17, 15) is 26.3 Å². The van der Waals surface area contributed by atoms with Gasteiger partial charge in [-0.2, -0.15) is 26.3 Å². The average Bonchev–Trinajstić information content (AvgIpc) is 3.45. The van der Waals surface area contributed by atoms with Crippen LogP contribution in [0.15, 0.2) is 122 Å². The summed E-state index contributed by atoms with van der Waals surface area (Å²) in [6.07, 6.45) is -5.50. The molecule has 216 valence electrons. The molecule has 0 spiro atoms. The highest BCUT2D eigenvalue weighted by Crippen LogP contribution is 2.41. The zero-order chi connectivity index (χ0) is 29.8. The number of hydrogen-bond donors (Lipinski definition) is 0. The summed E-state index contributed by atoms with van der Waals surface area (Å²) in [6.45, 7) is -0.0906. The molecule has 9 heteroatoms. The number of halogens is 6. The SMILES string of the molecule is FC(F)(F)c1cc(OCCCc2cn(C(c3ccccc3)(c3ccccc3)c3ccccc3)cn2)cc(C(F)(F)F)c1. The number of alkyl halides is 6. The Morgan fingerprint density at radius 1 is 0.595 bits per heavy atom. The number of aryl methyl sites for hydroxylation is 1. The van der Waals surface area contributed by atoms with Crippen molar-refractivity contribution in [3.63, 3.8) is 0 Å². The van der Waals surface area contributed by atoms with Crippen molar-refractivity contribution in [1.29, 1.82) is 0 Å². The molecule has 5 rings (SSSR count). The summed E-state index contributed by atoms with van der Waals surface area (Å²) >= 11 is 0. The fourth-order valence-electron chi connectivity index (χ4n) is 5.11. The Bertz CT molecular complexity index is 1470. The second kappa shape index (κ2) is 11.8. The monoisotopic (exact) mass is 580 g/mol. The molecule has 42 heavy (non-hydrogen) atoms. The largest absolute Gasteiger partial charge is 0.494 e. The van der Waals surface area contributed by atoms with E-state index in [1.165, 1.54) is 0 Å². The van der Waals surface area contributed by atoms with Gasteiger partial charge in [0, 0.05) is 6.20 Å². The molecule has 0 saturated heterocycles. The van der Waals surface area contributed by atoms with Crippen LogP contribution in [-0.2, 0) is 24.3 Å². The van der Waals surface area contributed by atoms with Crippen LogP contribution in [-0.4, -0.2) is 16.2 Å². The molecule has 5 aromatic rings. The summed E-state index contributed by atoms with van der Waals surface area (Å²) in [5, 5.41) is 0. The quantitative estimate of drug-likeness (QED) is 0.0990. The van der Waals surface area contributed by atoms with Gasteiger partial charge in [0.15, 0.2) is 0 Å². The zero-order valence-corrected chi connectivity index (χ0v) is 22.2. The Labute approximate surface area is 239 Å². The second-order valence-electron chi connectivity index (χ2n) is 9.77. The molecule has 0 bridgehead atoms. The number of benzene rings is 4. The lowest BCUT2D eigenvalue weighted by Gasteiger charge is -2.37. The first-order valence-electron chi connectivity index (χ1n) is 13.2. The Morgan fingerprint density at radius 2 is 1.05 bits per heavy atom. The van der Waals surface area contributed by atoms with Crippen molar-refractivity contribution in [2.75, 3.05) is 6.61 Å². The predicted octanol–water partition coefficient (Wildman–Crippen LogP) is 8.77. The zero-order valence-electron chi connectivity index (χ0n) is 22.2. The van der Waals surface area contributed by atoms with Crippen LogP contribution >= 0.6 is 0 Å². The highest BCUT2D eigenvalue weighted by atomic mass is 19.4. The fraction of sp³-hybridized carbons (Fsp3) is 0.182.